The highest BCUT2D eigenvalue weighted by atomic mass is 35.5. The summed E-state index contributed by atoms with van der Waals surface area (Å²) < 4.78 is 0. The zero-order chi connectivity index (χ0) is 19.5. The molecular weight excluding hydrogens is 398 g/mol. The van der Waals surface area contributed by atoms with E-state index in [1.807, 2.05) is 15.9 Å². The molecule has 6 heteroatoms. The van der Waals surface area contributed by atoms with Gasteiger partial charge in [0.1, 0.15) is 0 Å². The predicted molar refractivity (Wildman–Crippen MR) is 119 cm³/mol. The van der Waals surface area contributed by atoms with Gasteiger partial charge >= 0.3 is 0 Å². The molecule has 6 rings (SSSR count). The number of anilines is 1. The fraction of sp³-hybridized carbons (Fsp3) is 0.417. The first-order valence-electron chi connectivity index (χ1n) is 10.7. The molecule has 3 saturated heterocycles. The summed E-state index contributed by atoms with van der Waals surface area (Å²) in [6.45, 7) is 4.23. The van der Waals surface area contributed by atoms with Gasteiger partial charge in [0.15, 0.2) is 0 Å². The van der Waals surface area contributed by atoms with Crippen LogP contribution in [0, 0.1) is 17.8 Å². The van der Waals surface area contributed by atoms with Crippen molar-refractivity contribution in [1.82, 2.24) is 10.2 Å². The largest absolute Gasteiger partial charge is 0.342 e. The van der Waals surface area contributed by atoms with Crippen molar-refractivity contribution in [2.45, 2.75) is 12.8 Å². The van der Waals surface area contributed by atoms with Crippen molar-refractivity contribution in [3.8, 4) is 11.1 Å². The normalized spacial score (nSPS) is 26.4. The molecule has 0 aromatic heterocycles. The minimum absolute atomic E-state index is 0. The Balaban J connectivity index is 0.00000193. The van der Waals surface area contributed by atoms with Gasteiger partial charge in [0.25, 0.3) is 0 Å². The molecule has 2 aromatic carbocycles. The molecular formula is C24H26ClN3O2. The Morgan fingerprint density at radius 2 is 1.67 bits per heavy atom. The molecule has 3 atom stereocenters. The Labute approximate surface area is 182 Å². The first-order valence-corrected chi connectivity index (χ1v) is 10.7. The molecule has 1 unspecified atom stereocenters. The molecule has 3 heterocycles. The van der Waals surface area contributed by atoms with Crippen LogP contribution in [0.25, 0.3) is 11.1 Å². The molecule has 0 saturated carbocycles. The number of hydrogen-bond donors (Lipinski definition) is 1. The van der Waals surface area contributed by atoms with E-state index < -0.39 is 0 Å². The number of carbonyl (C=O) groups excluding carboxylic acids is 2. The quantitative estimate of drug-likeness (QED) is 0.689. The van der Waals surface area contributed by atoms with Crippen LogP contribution in [0.2, 0.25) is 0 Å². The van der Waals surface area contributed by atoms with Gasteiger partial charge in [0.05, 0.1) is 5.92 Å². The van der Waals surface area contributed by atoms with Gasteiger partial charge in [-0.05, 0) is 52.6 Å². The molecule has 3 aliphatic heterocycles. The molecule has 156 valence electrons. The van der Waals surface area contributed by atoms with Crippen LogP contribution in [0.5, 0.6) is 0 Å². The van der Waals surface area contributed by atoms with Gasteiger partial charge in [-0.3, -0.25) is 9.59 Å². The van der Waals surface area contributed by atoms with Crippen molar-refractivity contribution in [1.29, 1.82) is 0 Å². The second-order valence-electron chi connectivity index (χ2n) is 9.00. The summed E-state index contributed by atoms with van der Waals surface area (Å²) in [7, 11) is 0. The van der Waals surface area contributed by atoms with Gasteiger partial charge in [-0.2, -0.15) is 0 Å². The van der Waals surface area contributed by atoms with Crippen molar-refractivity contribution < 1.29 is 9.59 Å². The molecule has 2 aromatic rings. The number of rotatable bonds is 2. The number of nitrogens with zero attached hydrogens (tertiary/aromatic N) is 2. The van der Waals surface area contributed by atoms with E-state index >= 15 is 0 Å². The van der Waals surface area contributed by atoms with Crippen LogP contribution in [0.3, 0.4) is 0 Å². The van der Waals surface area contributed by atoms with Crippen LogP contribution in [0.4, 0.5) is 5.69 Å². The van der Waals surface area contributed by atoms with E-state index in [4.69, 9.17) is 0 Å². The lowest BCUT2D eigenvalue weighted by Crippen LogP contribution is -2.37. The maximum Gasteiger partial charge on any atom is 0.228 e. The third kappa shape index (κ3) is 3.03. The number of nitrogens with one attached hydrogen (secondary N) is 1. The van der Waals surface area contributed by atoms with Crippen LogP contribution < -0.4 is 10.2 Å². The van der Waals surface area contributed by atoms with Crippen LogP contribution in [-0.2, 0) is 16.0 Å². The van der Waals surface area contributed by atoms with Crippen molar-refractivity contribution in [2.75, 3.05) is 37.6 Å². The summed E-state index contributed by atoms with van der Waals surface area (Å²) in [4.78, 5) is 29.7. The van der Waals surface area contributed by atoms with Crippen molar-refractivity contribution in [3.63, 3.8) is 0 Å². The molecule has 30 heavy (non-hydrogen) atoms. The molecule has 5 nitrogen and oxygen atoms in total. The lowest BCUT2D eigenvalue weighted by Gasteiger charge is -2.22. The highest BCUT2D eigenvalue weighted by molar-refractivity contribution is 6.00. The van der Waals surface area contributed by atoms with E-state index in [0.29, 0.717) is 24.8 Å². The molecule has 0 radical (unpaired) electrons. The van der Waals surface area contributed by atoms with Gasteiger partial charge in [-0.15, -0.1) is 12.4 Å². The van der Waals surface area contributed by atoms with Crippen LogP contribution >= 0.6 is 12.4 Å². The summed E-state index contributed by atoms with van der Waals surface area (Å²) in [6, 6.07) is 14.8. The van der Waals surface area contributed by atoms with Crippen LogP contribution in [0.1, 0.15) is 17.5 Å². The number of fused-ring (bicyclic) bond motifs is 4. The van der Waals surface area contributed by atoms with E-state index in [1.54, 1.807) is 0 Å². The summed E-state index contributed by atoms with van der Waals surface area (Å²) in [5.41, 5.74) is 6.10. The molecule has 0 spiro atoms. The fourth-order valence-corrected chi connectivity index (χ4v) is 5.72. The Morgan fingerprint density at radius 1 is 0.933 bits per heavy atom. The van der Waals surface area contributed by atoms with E-state index in [0.717, 1.165) is 38.3 Å². The summed E-state index contributed by atoms with van der Waals surface area (Å²) in [5.74, 6) is 1.21. The minimum atomic E-state index is -0.209. The summed E-state index contributed by atoms with van der Waals surface area (Å²) in [5, 5.41) is 3.42. The first kappa shape index (κ1) is 19.6. The van der Waals surface area contributed by atoms with Gasteiger partial charge in [-0.1, -0.05) is 30.3 Å². The molecule has 0 bridgehead atoms. The number of amides is 2. The Morgan fingerprint density at radius 3 is 2.47 bits per heavy atom. The monoisotopic (exact) mass is 423 g/mol. The second-order valence-corrected chi connectivity index (χ2v) is 9.00. The number of benzene rings is 2. The van der Waals surface area contributed by atoms with Gasteiger partial charge in [0.2, 0.25) is 11.8 Å². The second kappa shape index (κ2) is 7.40. The first-order chi connectivity index (χ1) is 14.2. The van der Waals surface area contributed by atoms with Crippen LogP contribution in [0.15, 0.2) is 42.5 Å². The standard InChI is InChI=1S/C24H25N3O2.ClH/c28-23-9-17(24(29)26-12-18-10-25-11-19(18)13-26)14-27(23)20-5-6-22-16(8-20)7-15-3-1-2-4-21(15)22;/h1-6,8,17-19,25H,7,9-14H2;1H/t17?,18-,19+;. The average Bonchev–Trinajstić information content (AvgIpc) is 3.48. The SMILES string of the molecule is Cl.O=C(C1CC(=O)N(c2ccc3c(c2)Cc2ccccc2-3)C1)N1C[C@H]2CNC[C@H]2C1. The lowest BCUT2D eigenvalue weighted by atomic mass is 10.0. The Kier molecular flexibility index (Phi) is 4.83. The Bertz CT molecular complexity index is 1010. The van der Waals surface area contributed by atoms with Gasteiger partial charge in [-0.25, -0.2) is 0 Å². The maximum atomic E-state index is 13.1. The smallest absolute Gasteiger partial charge is 0.228 e. The number of hydrogen-bond acceptors (Lipinski definition) is 3. The van der Waals surface area contributed by atoms with E-state index in [9.17, 15) is 9.59 Å². The number of carbonyl (C=O) groups is 2. The van der Waals surface area contributed by atoms with Crippen molar-refractivity contribution >= 4 is 29.9 Å². The molecule has 1 aliphatic carbocycles. The number of halogens is 1. The predicted octanol–water partition coefficient (Wildman–Crippen LogP) is 2.71. The zero-order valence-electron chi connectivity index (χ0n) is 16.8. The maximum absolute atomic E-state index is 13.1. The zero-order valence-corrected chi connectivity index (χ0v) is 17.7. The van der Waals surface area contributed by atoms with E-state index in [-0.39, 0.29) is 30.1 Å². The molecule has 3 fully saturated rings. The van der Waals surface area contributed by atoms with Gasteiger partial charge in [0, 0.05) is 44.8 Å². The summed E-state index contributed by atoms with van der Waals surface area (Å²) in [6.07, 6.45) is 1.24. The highest BCUT2D eigenvalue weighted by Gasteiger charge is 2.43. The van der Waals surface area contributed by atoms with Crippen molar-refractivity contribution in [3.05, 3.63) is 53.6 Å². The van der Waals surface area contributed by atoms with Crippen LogP contribution in [-0.4, -0.2) is 49.4 Å². The molecule has 1 N–H and O–H groups in total. The summed E-state index contributed by atoms with van der Waals surface area (Å²) >= 11 is 0. The van der Waals surface area contributed by atoms with E-state index in [2.05, 4.69) is 41.7 Å². The van der Waals surface area contributed by atoms with Crippen molar-refractivity contribution in [2.24, 2.45) is 17.8 Å². The molecule has 4 aliphatic rings. The number of likely N-dealkylation sites (tertiary alicyclic amines) is 1. The van der Waals surface area contributed by atoms with Gasteiger partial charge < -0.3 is 15.1 Å². The topological polar surface area (TPSA) is 52.7 Å². The Hall–Kier alpha value is -2.37. The molecule has 2 amide bonds. The van der Waals surface area contributed by atoms with E-state index in [1.165, 1.54) is 22.3 Å². The lowest BCUT2D eigenvalue weighted by molar-refractivity contribution is -0.135. The highest BCUT2D eigenvalue weighted by Crippen LogP contribution is 2.39. The fourth-order valence-electron chi connectivity index (χ4n) is 5.72. The third-order valence-corrected chi connectivity index (χ3v) is 7.26. The third-order valence-electron chi connectivity index (χ3n) is 7.26. The average molecular weight is 424 g/mol. The minimum Gasteiger partial charge on any atom is -0.342 e.